The van der Waals surface area contributed by atoms with Crippen LogP contribution >= 0.6 is 0 Å². The lowest BCUT2D eigenvalue weighted by atomic mass is 9.95. The lowest BCUT2D eigenvalue weighted by molar-refractivity contribution is 0.0526. The highest BCUT2D eigenvalue weighted by molar-refractivity contribution is 6.09. The van der Waals surface area contributed by atoms with Crippen molar-refractivity contribution in [3.8, 4) is 5.75 Å². The molecule has 0 bridgehead atoms. The number of carbonyl (C=O) groups is 1. The maximum Gasteiger partial charge on any atom is 0.255 e. The molecule has 0 heterocycles. The third-order valence-corrected chi connectivity index (χ3v) is 4.41. The first-order chi connectivity index (χ1) is 12.5. The molecule has 1 atom stereocenters. The Morgan fingerprint density at radius 3 is 2.46 bits per heavy atom. The van der Waals surface area contributed by atoms with Crippen molar-refractivity contribution in [2.45, 2.75) is 19.4 Å². The molecule has 3 aromatic carbocycles. The molecule has 0 saturated heterocycles. The van der Waals surface area contributed by atoms with E-state index in [1.165, 1.54) is 0 Å². The molecule has 3 rings (SSSR count). The molecule has 0 spiro atoms. The van der Waals surface area contributed by atoms with Gasteiger partial charge in [0.05, 0.1) is 18.7 Å². The summed E-state index contributed by atoms with van der Waals surface area (Å²) >= 11 is 0. The first-order valence-corrected chi connectivity index (χ1v) is 8.73. The topological polar surface area (TPSA) is 58.6 Å². The van der Waals surface area contributed by atoms with Crippen LogP contribution in [0.1, 0.15) is 29.8 Å². The molecule has 0 aromatic heterocycles. The lowest BCUT2D eigenvalue weighted by Gasteiger charge is -2.24. The molecule has 2 N–H and O–H groups in total. The molecule has 0 aliphatic rings. The second-order valence-corrected chi connectivity index (χ2v) is 6.42. The van der Waals surface area contributed by atoms with Gasteiger partial charge in [-0.25, -0.2) is 0 Å². The Morgan fingerprint density at radius 2 is 1.73 bits per heavy atom. The van der Waals surface area contributed by atoms with Gasteiger partial charge >= 0.3 is 0 Å². The van der Waals surface area contributed by atoms with Crippen molar-refractivity contribution in [3.63, 3.8) is 0 Å². The minimum Gasteiger partial charge on any atom is -0.493 e. The lowest BCUT2D eigenvalue weighted by Crippen LogP contribution is -2.38. The van der Waals surface area contributed by atoms with E-state index in [4.69, 9.17) is 4.74 Å². The van der Waals surface area contributed by atoms with Gasteiger partial charge in [0.25, 0.3) is 5.91 Å². The van der Waals surface area contributed by atoms with E-state index in [0.29, 0.717) is 17.9 Å². The number of nitrogens with one attached hydrogen (secondary N) is 1. The Balaban J connectivity index is 1.89. The Hall–Kier alpha value is -2.85. The van der Waals surface area contributed by atoms with Gasteiger partial charge in [-0.05, 0) is 36.2 Å². The predicted octanol–water partition coefficient (Wildman–Crippen LogP) is 3.88. The molecule has 134 valence electrons. The highest BCUT2D eigenvalue weighted by Crippen LogP contribution is 2.28. The zero-order valence-electron chi connectivity index (χ0n) is 15.0. The van der Waals surface area contributed by atoms with Gasteiger partial charge in [-0.1, -0.05) is 60.7 Å². The summed E-state index contributed by atoms with van der Waals surface area (Å²) < 4.78 is 5.66. The van der Waals surface area contributed by atoms with Gasteiger partial charge in [-0.15, -0.1) is 0 Å². The van der Waals surface area contributed by atoms with Gasteiger partial charge in [0, 0.05) is 0 Å². The fraction of sp³-hybridized carbons (Fsp3) is 0.227. The van der Waals surface area contributed by atoms with Gasteiger partial charge in [0.15, 0.2) is 0 Å². The molecule has 3 aromatic rings. The minimum atomic E-state index is -1.16. The average Bonchev–Trinajstić information content (AvgIpc) is 2.67. The summed E-state index contributed by atoms with van der Waals surface area (Å²) in [6.45, 7) is 4.15. The maximum atomic E-state index is 12.9. The molecule has 0 fully saturated rings. The Morgan fingerprint density at radius 1 is 1.04 bits per heavy atom. The van der Waals surface area contributed by atoms with E-state index in [2.05, 4.69) is 5.32 Å². The normalized spacial score (nSPS) is 13.2. The highest BCUT2D eigenvalue weighted by atomic mass is 16.5. The smallest absolute Gasteiger partial charge is 0.255 e. The molecule has 0 saturated carbocycles. The van der Waals surface area contributed by atoms with Crippen molar-refractivity contribution in [2.75, 3.05) is 13.2 Å². The van der Waals surface area contributed by atoms with E-state index in [9.17, 15) is 9.90 Å². The molecule has 0 aliphatic heterocycles. The standard InChI is InChI=1S/C22H23NO3/c1-3-26-19-14-13-16-9-7-8-12-18(16)20(19)21(24)23-15-22(2,25)17-10-5-4-6-11-17/h4-14,25H,3,15H2,1-2H3,(H,23,24)/t22-/m1/s1. The van der Waals surface area contributed by atoms with Crippen LogP contribution in [0.25, 0.3) is 10.8 Å². The van der Waals surface area contributed by atoms with Gasteiger partial charge in [0.2, 0.25) is 0 Å². The molecule has 1 amide bonds. The van der Waals surface area contributed by atoms with Gasteiger partial charge in [-0.2, -0.15) is 0 Å². The highest BCUT2D eigenvalue weighted by Gasteiger charge is 2.25. The van der Waals surface area contributed by atoms with E-state index >= 15 is 0 Å². The monoisotopic (exact) mass is 349 g/mol. The summed E-state index contributed by atoms with van der Waals surface area (Å²) in [6, 6.07) is 20.8. The summed E-state index contributed by atoms with van der Waals surface area (Å²) in [5, 5.41) is 15.4. The summed E-state index contributed by atoms with van der Waals surface area (Å²) in [4.78, 5) is 12.9. The van der Waals surface area contributed by atoms with Crippen molar-refractivity contribution >= 4 is 16.7 Å². The van der Waals surface area contributed by atoms with Crippen LogP contribution < -0.4 is 10.1 Å². The molecule has 0 unspecified atom stereocenters. The molecular weight excluding hydrogens is 326 g/mol. The Bertz CT molecular complexity index is 904. The minimum absolute atomic E-state index is 0.102. The number of fused-ring (bicyclic) bond motifs is 1. The number of rotatable bonds is 6. The second-order valence-electron chi connectivity index (χ2n) is 6.42. The maximum absolute atomic E-state index is 12.9. The zero-order valence-corrected chi connectivity index (χ0v) is 15.0. The van der Waals surface area contributed by atoms with Crippen molar-refractivity contribution in [3.05, 3.63) is 77.9 Å². The van der Waals surface area contributed by atoms with E-state index in [1.54, 1.807) is 6.92 Å². The largest absolute Gasteiger partial charge is 0.493 e. The summed E-state index contributed by atoms with van der Waals surface area (Å²) in [5.74, 6) is 0.282. The average molecular weight is 349 g/mol. The number of benzene rings is 3. The third kappa shape index (κ3) is 3.70. The summed E-state index contributed by atoms with van der Waals surface area (Å²) in [7, 11) is 0. The van der Waals surface area contributed by atoms with Gasteiger partial charge in [0.1, 0.15) is 11.4 Å². The van der Waals surface area contributed by atoms with E-state index in [-0.39, 0.29) is 12.5 Å². The van der Waals surface area contributed by atoms with Crippen molar-refractivity contribution in [1.29, 1.82) is 0 Å². The van der Waals surface area contributed by atoms with Crippen LogP contribution in [0.3, 0.4) is 0 Å². The number of amides is 1. The summed E-state index contributed by atoms with van der Waals surface area (Å²) in [6.07, 6.45) is 0. The molecule has 26 heavy (non-hydrogen) atoms. The van der Waals surface area contributed by atoms with Crippen molar-refractivity contribution in [2.24, 2.45) is 0 Å². The Kier molecular flexibility index (Phi) is 5.24. The van der Waals surface area contributed by atoms with Gasteiger partial charge < -0.3 is 15.2 Å². The SMILES string of the molecule is CCOc1ccc2ccccc2c1C(=O)NC[C@@](C)(O)c1ccccc1. The van der Waals surface area contributed by atoms with Crippen LogP contribution in [0.5, 0.6) is 5.75 Å². The van der Waals surface area contributed by atoms with Crippen LogP contribution in [0.2, 0.25) is 0 Å². The fourth-order valence-corrected chi connectivity index (χ4v) is 3.00. The molecule has 4 nitrogen and oxygen atoms in total. The molecule has 0 aliphatic carbocycles. The first-order valence-electron chi connectivity index (χ1n) is 8.73. The van der Waals surface area contributed by atoms with Crippen LogP contribution in [0.4, 0.5) is 0 Å². The number of aliphatic hydroxyl groups is 1. The van der Waals surface area contributed by atoms with E-state index < -0.39 is 5.60 Å². The first kappa shape index (κ1) is 18.0. The number of hydrogen-bond acceptors (Lipinski definition) is 3. The van der Waals surface area contributed by atoms with Crippen molar-refractivity contribution in [1.82, 2.24) is 5.32 Å². The number of hydrogen-bond donors (Lipinski definition) is 2. The quantitative estimate of drug-likeness (QED) is 0.710. The predicted molar refractivity (Wildman–Crippen MR) is 103 cm³/mol. The number of carbonyl (C=O) groups excluding carboxylic acids is 1. The third-order valence-electron chi connectivity index (χ3n) is 4.41. The Labute approximate surface area is 153 Å². The van der Waals surface area contributed by atoms with Crippen LogP contribution in [-0.4, -0.2) is 24.2 Å². The zero-order chi connectivity index (χ0) is 18.6. The summed E-state index contributed by atoms with van der Waals surface area (Å²) in [5.41, 5.74) is 0.0878. The van der Waals surface area contributed by atoms with E-state index in [1.807, 2.05) is 73.7 Å². The molecule has 0 radical (unpaired) electrons. The van der Waals surface area contributed by atoms with Crippen molar-refractivity contribution < 1.29 is 14.6 Å². The van der Waals surface area contributed by atoms with Crippen LogP contribution in [0.15, 0.2) is 66.7 Å². The molecular formula is C22H23NO3. The van der Waals surface area contributed by atoms with E-state index in [0.717, 1.165) is 16.3 Å². The second kappa shape index (κ2) is 7.58. The van der Waals surface area contributed by atoms with Crippen LogP contribution in [0, 0.1) is 0 Å². The van der Waals surface area contributed by atoms with Gasteiger partial charge in [-0.3, -0.25) is 4.79 Å². The molecule has 4 heteroatoms. The number of ether oxygens (including phenoxy) is 1. The fourth-order valence-electron chi connectivity index (χ4n) is 3.00. The van der Waals surface area contributed by atoms with Crippen LogP contribution in [-0.2, 0) is 5.60 Å².